The molecular formula is C64H168N6. The molecule has 7 N–H and O–H groups in total. The van der Waals surface area contributed by atoms with Crippen LogP contribution in [0, 0.1) is 0 Å². The molecule has 70 heavy (non-hydrogen) atoms. The topological polar surface area (TPSA) is 86.2 Å². The number of nitrogens with one attached hydrogen (secondary N) is 5. The second kappa shape index (κ2) is 165. The van der Waals surface area contributed by atoms with Gasteiger partial charge in [-0.3, -0.25) is 0 Å². The van der Waals surface area contributed by atoms with Crippen LogP contribution in [0.1, 0.15) is 345 Å². The van der Waals surface area contributed by atoms with Crippen molar-refractivity contribution < 1.29 is 0 Å². The van der Waals surface area contributed by atoms with E-state index in [1.165, 1.54) is 213 Å². The summed E-state index contributed by atoms with van der Waals surface area (Å²) in [6, 6.07) is 0. The third kappa shape index (κ3) is 212. The summed E-state index contributed by atoms with van der Waals surface area (Å²) in [6.45, 7) is 45.1. The van der Waals surface area contributed by atoms with E-state index < -0.39 is 0 Å². The zero-order valence-electron chi connectivity index (χ0n) is 45.4. The number of rotatable bonds is 9. The molecule has 0 radical (unpaired) electrons. The average molecular weight is 1020 g/mol. The van der Waals surface area contributed by atoms with Crippen LogP contribution in [-0.4, -0.2) is 72.0 Å². The van der Waals surface area contributed by atoms with E-state index in [1.807, 2.05) is 27.7 Å². The standard InChI is InChI=1S/C6H13N.C5H11N.C5H9N.3C5H12.2C4H9N.2C4H10.C3H9N.2C2H6.10CH4/c1-2-4-6-7-5-3-1;2*1-2-4-6-5-3-1;3*1-3-5-4-2;2*1-2-4-5-3-1;2*1-3-4-2;1-2-3-4;2*1-2;;;;;;;;;;/h7H,1-6H2;6H,1-5H2;1-2,6H,3-5H2;3*3-5H2,1-2H3;2*5H,1-4H2;2*3-4H2,1-2H3;2-4H2,1H3;2*1-2H3;10*1H4. The van der Waals surface area contributed by atoms with Gasteiger partial charge >= 0.3 is 0 Å². The Balaban J connectivity index is -0.0000000261. The van der Waals surface area contributed by atoms with E-state index in [0.717, 1.165) is 26.1 Å². The van der Waals surface area contributed by atoms with Crippen molar-refractivity contribution >= 4 is 0 Å². The maximum Gasteiger partial charge on any atom is 0.0135 e. The van der Waals surface area contributed by atoms with Crippen LogP contribution in [0.5, 0.6) is 0 Å². The molecule has 0 spiro atoms. The predicted octanol–water partition coefficient (Wildman–Crippen LogP) is 22.2. The molecule has 0 aromatic carbocycles. The molecular weight excluding hydrogens is 853 g/mol. The SMILES string of the molecule is C.C.C.C.C.C.C.C.C.C.C1=CCNCC1.C1CCCNCC1.C1CCNC1.C1CCNC1.C1CCNCC1.CC.CC.CCCC.CCCC.CCCCC.CCCCC.CCCCC.CCCN. The molecule has 5 heterocycles. The molecule has 0 aromatic heterocycles. The first kappa shape index (κ1) is 123. The molecule has 0 bridgehead atoms. The molecule has 6 heteroatoms. The van der Waals surface area contributed by atoms with E-state index in [0.29, 0.717) is 0 Å². The van der Waals surface area contributed by atoms with Gasteiger partial charge in [-0.1, -0.05) is 293 Å². The van der Waals surface area contributed by atoms with Crippen molar-refractivity contribution in [3.8, 4) is 0 Å². The van der Waals surface area contributed by atoms with E-state index >= 15 is 0 Å². The summed E-state index contributed by atoms with van der Waals surface area (Å²) in [7, 11) is 0. The lowest BCUT2D eigenvalue weighted by atomic mass is 10.2. The summed E-state index contributed by atoms with van der Waals surface area (Å²) < 4.78 is 0. The van der Waals surface area contributed by atoms with Gasteiger partial charge in [-0.2, -0.15) is 0 Å². The van der Waals surface area contributed by atoms with Crippen LogP contribution in [0.4, 0.5) is 0 Å². The Morgan fingerprint density at radius 2 is 0.471 bits per heavy atom. The predicted molar refractivity (Wildman–Crippen MR) is 355 cm³/mol. The fourth-order valence-electron chi connectivity index (χ4n) is 4.66. The maximum atomic E-state index is 5.03. The third-order valence-corrected chi connectivity index (χ3v) is 8.91. The second-order valence-electron chi connectivity index (χ2n) is 15.2. The lowest BCUT2D eigenvalue weighted by molar-refractivity contribution is 0.520. The molecule has 0 aliphatic carbocycles. The summed E-state index contributed by atoms with van der Waals surface area (Å²) >= 11 is 0. The number of piperidine rings is 1. The highest BCUT2D eigenvalue weighted by atomic mass is 14.9. The zero-order valence-corrected chi connectivity index (χ0v) is 45.4. The van der Waals surface area contributed by atoms with Gasteiger partial charge in [0.1, 0.15) is 0 Å². The van der Waals surface area contributed by atoms with Gasteiger partial charge in [0.2, 0.25) is 0 Å². The Morgan fingerprint density at radius 3 is 0.557 bits per heavy atom. The van der Waals surface area contributed by atoms with Gasteiger partial charge < -0.3 is 32.3 Å². The minimum absolute atomic E-state index is 0. The molecule has 6 nitrogen and oxygen atoms in total. The van der Waals surface area contributed by atoms with Crippen molar-refractivity contribution in [2.75, 3.05) is 72.0 Å². The summed E-state index contributed by atoms with van der Waals surface area (Å²) in [5.41, 5.74) is 5.03. The Bertz CT molecular complexity index is 436. The first-order valence-electron chi connectivity index (χ1n) is 27.4. The number of hydrogen-bond acceptors (Lipinski definition) is 6. The minimum Gasteiger partial charge on any atom is -0.330 e. The fraction of sp³-hybridized carbons (Fsp3) is 0.969. The molecule has 0 saturated carbocycles. The molecule has 5 aliphatic rings. The highest BCUT2D eigenvalue weighted by molar-refractivity contribution is 4.88. The van der Waals surface area contributed by atoms with E-state index in [2.05, 4.69) is 115 Å². The second-order valence-corrected chi connectivity index (χ2v) is 15.2. The molecule has 5 aliphatic heterocycles. The van der Waals surface area contributed by atoms with E-state index in [1.54, 1.807) is 0 Å². The number of hydrogen-bond donors (Lipinski definition) is 6. The van der Waals surface area contributed by atoms with Crippen LogP contribution in [0.15, 0.2) is 12.2 Å². The first-order valence-corrected chi connectivity index (χ1v) is 27.4. The van der Waals surface area contributed by atoms with Gasteiger partial charge in [0.25, 0.3) is 0 Å². The Kier molecular flexibility index (Phi) is 290. The van der Waals surface area contributed by atoms with Gasteiger partial charge in [0, 0.05) is 6.54 Å². The molecule has 0 atom stereocenters. The lowest BCUT2D eigenvalue weighted by Crippen LogP contribution is -2.21. The summed E-state index contributed by atoms with van der Waals surface area (Å²) in [5.74, 6) is 0. The molecule has 4 fully saturated rings. The molecule has 0 aromatic rings. The van der Waals surface area contributed by atoms with Crippen LogP contribution in [0.3, 0.4) is 0 Å². The zero-order chi connectivity index (χ0) is 47.1. The number of unbranched alkanes of at least 4 members (excludes halogenated alkanes) is 8. The minimum atomic E-state index is 0. The molecule has 454 valence electrons. The summed E-state index contributed by atoms with van der Waals surface area (Å²) in [6.07, 6.45) is 39.6. The first-order chi connectivity index (χ1) is 29.5. The normalized spacial score (nSPS) is 13.0. The van der Waals surface area contributed by atoms with Gasteiger partial charge in [0.15, 0.2) is 0 Å². The van der Waals surface area contributed by atoms with Gasteiger partial charge in [-0.05, 0) is 130 Å². The van der Waals surface area contributed by atoms with Crippen LogP contribution in [0.2, 0.25) is 0 Å². The third-order valence-electron chi connectivity index (χ3n) is 8.91. The number of nitrogens with two attached hydrogens (primary N) is 1. The summed E-state index contributed by atoms with van der Waals surface area (Å²) in [4.78, 5) is 0. The fourth-order valence-corrected chi connectivity index (χ4v) is 4.66. The van der Waals surface area contributed by atoms with Crippen molar-refractivity contribution in [1.29, 1.82) is 0 Å². The lowest BCUT2D eigenvalue weighted by Gasteiger charge is -2.08. The van der Waals surface area contributed by atoms with Gasteiger partial charge in [-0.15, -0.1) is 0 Å². The molecule has 5 rings (SSSR count). The molecule has 4 saturated heterocycles. The Hall–Kier alpha value is -0.500. The van der Waals surface area contributed by atoms with Crippen molar-refractivity contribution in [3.05, 3.63) is 12.2 Å². The molecule has 0 amide bonds. The highest BCUT2D eigenvalue weighted by Crippen LogP contribution is 2.01. The monoisotopic (exact) mass is 1020 g/mol. The highest BCUT2D eigenvalue weighted by Gasteiger charge is 1.95. The van der Waals surface area contributed by atoms with Crippen molar-refractivity contribution in [2.45, 2.75) is 345 Å². The Morgan fingerprint density at radius 1 is 0.271 bits per heavy atom. The van der Waals surface area contributed by atoms with E-state index in [9.17, 15) is 0 Å². The summed E-state index contributed by atoms with van der Waals surface area (Å²) in [5, 5.41) is 16.3. The smallest absolute Gasteiger partial charge is 0.0135 e. The Labute approximate surface area is 459 Å². The van der Waals surface area contributed by atoms with Gasteiger partial charge in [0.05, 0.1) is 0 Å². The van der Waals surface area contributed by atoms with Crippen molar-refractivity contribution in [2.24, 2.45) is 5.73 Å². The van der Waals surface area contributed by atoms with Crippen LogP contribution >= 0.6 is 0 Å². The van der Waals surface area contributed by atoms with E-state index in [-0.39, 0.29) is 74.3 Å². The quantitative estimate of drug-likeness (QED) is 0.129. The van der Waals surface area contributed by atoms with Crippen LogP contribution in [0.25, 0.3) is 0 Å². The van der Waals surface area contributed by atoms with Crippen LogP contribution in [-0.2, 0) is 0 Å². The van der Waals surface area contributed by atoms with Gasteiger partial charge in [-0.25, -0.2) is 0 Å². The van der Waals surface area contributed by atoms with Crippen molar-refractivity contribution in [3.63, 3.8) is 0 Å². The average Bonchev–Trinajstić information content (AvgIpc) is 4.08. The molecule has 0 unspecified atom stereocenters. The van der Waals surface area contributed by atoms with Crippen LogP contribution < -0.4 is 32.3 Å². The van der Waals surface area contributed by atoms with E-state index in [4.69, 9.17) is 5.73 Å². The maximum absolute atomic E-state index is 5.03. The largest absolute Gasteiger partial charge is 0.330 e. The van der Waals surface area contributed by atoms with Crippen molar-refractivity contribution in [1.82, 2.24) is 26.6 Å².